The monoisotopic (exact) mass is 161 g/mol. The summed E-state index contributed by atoms with van der Waals surface area (Å²) in [6.07, 6.45) is -0.867. The number of rotatable bonds is 3. The van der Waals surface area contributed by atoms with Crippen LogP contribution in [0.25, 0.3) is 0 Å². The topological polar surface area (TPSA) is 59.0 Å². The molecule has 1 saturated heterocycles. The summed E-state index contributed by atoms with van der Waals surface area (Å²) in [4.78, 5) is 11.5. The van der Waals surface area contributed by atoms with E-state index in [1.807, 2.05) is 0 Å². The highest BCUT2D eigenvalue weighted by atomic mass is 16.7. The van der Waals surface area contributed by atoms with Crippen molar-refractivity contribution in [2.45, 2.75) is 6.10 Å². The van der Waals surface area contributed by atoms with Gasteiger partial charge in [-0.3, -0.25) is 0 Å². The molecule has 1 N–H and O–H groups in total. The number of likely N-dealkylation sites (tertiary alicyclic amines) is 1. The van der Waals surface area contributed by atoms with Gasteiger partial charge in [0.25, 0.3) is 0 Å². The second kappa shape index (κ2) is 3.54. The molecule has 64 valence electrons. The van der Waals surface area contributed by atoms with Gasteiger partial charge in [-0.05, 0) is 0 Å². The predicted octanol–water partition coefficient (Wildman–Crippen LogP) is -0.0309. The van der Waals surface area contributed by atoms with Crippen LogP contribution in [0, 0.1) is 0 Å². The molecule has 0 saturated carbocycles. The van der Waals surface area contributed by atoms with E-state index in [2.05, 4.69) is 4.74 Å². The van der Waals surface area contributed by atoms with Gasteiger partial charge >= 0.3 is 6.09 Å². The lowest BCUT2D eigenvalue weighted by atomic mass is 10.2. The minimum absolute atomic E-state index is 0.0195. The van der Waals surface area contributed by atoms with Gasteiger partial charge in [0.1, 0.15) is 6.79 Å². The van der Waals surface area contributed by atoms with Gasteiger partial charge in [0.15, 0.2) is 0 Å². The van der Waals surface area contributed by atoms with Gasteiger partial charge in [-0.1, -0.05) is 0 Å². The molecule has 1 amide bonds. The number of nitrogens with zero attached hydrogens (tertiary/aromatic N) is 1. The van der Waals surface area contributed by atoms with E-state index >= 15 is 0 Å². The molecule has 0 radical (unpaired) electrons. The highest BCUT2D eigenvalue weighted by molar-refractivity contribution is 5.66. The maximum Gasteiger partial charge on any atom is 0.407 e. The fraction of sp³-hybridized carbons (Fsp3) is 0.833. The Labute approximate surface area is 64.5 Å². The molecule has 0 aromatic carbocycles. The highest BCUT2D eigenvalue weighted by Gasteiger charge is 2.30. The van der Waals surface area contributed by atoms with Gasteiger partial charge in [-0.2, -0.15) is 0 Å². The van der Waals surface area contributed by atoms with Crippen LogP contribution in [0.5, 0.6) is 0 Å². The Bertz CT molecular complexity index is 144. The highest BCUT2D eigenvalue weighted by Crippen LogP contribution is 2.10. The van der Waals surface area contributed by atoms with Gasteiger partial charge in [0.05, 0.1) is 19.2 Å². The number of methoxy groups -OCH3 is 1. The average molecular weight is 161 g/mol. The number of carbonyl (C=O) groups is 1. The molecule has 1 heterocycles. The van der Waals surface area contributed by atoms with Crippen molar-refractivity contribution in [3.63, 3.8) is 0 Å². The number of carboxylic acid groups (broad SMARTS) is 1. The largest absolute Gasteiger partial charge is 0.465 e. The fourth-order valence-electron chi connectivity index (χ4n) is 0.864. The third-order valence-corrected chi connectivity index (χ3v) is 1.54. The molecule has 0 atom stereocenters. The molecule has 0 aliphatic carbocycles. The molecule has 5 nitrogen and oxygen atoms in total. The summed E-state index contributed by atoms with van der Waals surface area (Å²) < 4.78 is 9.74. The second-order valence-electron chi connectivity index (χ2n) is 2.38. The minimum Gasteiger partial charge on any atom is -0.465 e. The first-order valence-corrected chi connectivity index (χ1v) is 3.32. The standard InChI is InChI=1S/C6H11NO4/c1-10-4-11-5-2-7(3-5)6(8)9/h5H,2-4H2,1H3,(H,8,9). The van der Waals surface area contributed by atoms with E-state index in [9.17, 15) is 4.79 Å². The van der Waals surface area contributed by atoms with Crippen molar-refractivity contribution in [1.82, 2.24) is 4.90 Å². The van der Waals surface area contributed by atoms with E-state index in [1.165, 1.54) is 12.0 Å². The molecular weight excluding hydrogens is 150 g/mol. The molecule has 1 fully saturated rings. The first-order valence-electron chi connectivity index (χ1n) is 3.32. The van der Waals surface area contributed by atoms with E-state index in [-0.39, 0.29) is 12.9 Å². The van der Waals surface area contributed by atoms with Crippen molar-refractivity contribution in [1.29, 1.82) is 0 Å². The Morgan fingerprint density at radius 2 is 2.36 bits per heavy atom. The lowest BCUT2D eigenvalue weighted by Gasteiger charge is -2.36. The number of hydrogen-bond acceptors (Lipinski definition) is 3. The van der Waals surface area contributed by atoms with Crippen molar-refractivity contribution in [3.05, 3.63) is 0 Å². The Kier molecular flexibility index (Phi) is 2.67. The Balaban J connectivity index is 2.05. The molecule has 11 heavy (non-hydrogen) atoms. The third kappa shape index (κ3) is 2.06. The van der Waals surface area contributed by atoms with E-state index < -0.39 is 6.09 Å². The molecule has 0 spiro atoms. The lowest BCUT2D eigenvalue weighted by Crippen LogP contribution is -2.54. The van der Waals surface area contributed by atoms with E-state index in [0.717, 1.165) is 0 Å². The van der Waals surface area contributed by atoms with Crippen molar-refractivity contribution >= 4 is 6.09 Å². The molecule has 0 aromatic rings. The minimum atomic E-state index is -0.887. The van der Waals surface area contributed by atoms with Crippen LogP contribution in [-0.4, -0.2) is 49.2 Å². The number of amides is 1. The van der Waals surface area contributed by atoms with Crippen LogP contribution in [0.1, 0.15) is 0 Å². The molecule has 0 unspecified atom stereocenters. The fourth-order valence-corrected chi connectivity index (χ4v) is 0.864. The van der Waals surface area contributed by atoms with Gasteiger partial charge in [0.2, 0.25) is 0 Å². The first kappa shape index (κ1) is 8.29. The van der Waals surface area contributed by atoms with Crippen LogP contribution < -0.4 is 0 Å². The zero-order chi connectivity index (χ0) is 8.27. The summed E-state index contributed by atoms with van der Waals surface area (Å²) in [6.45, 7) is 1.15. The summed E-state index contributed by atoms with van der Waals surface area (Å²) in [5, 5.41) is 8.42. The summed E-state index contributed by atoms with van der Waals surface area (Å²) in [7, 11) is 1.54. The van der Waals surface area contributed by atoms with Gasteiger partial charge < -0.3 is 19.5 Å². The maximum atomic E-state index is 10.2. The summed E-state index contributed by atoms with van der Waals surface area (Å²) in [6, 6.07) is 0. The molecular formula is C6H11NO4. The average Bonchev–Trinajstić information content (AvgIpc) is 1.84. The zero-order valence-corrected chi connectivity index (χ0v) is 6.32. The first-order chi connectivity index (χ1) is 5.24. The Morgan fingerprint density at radius 1 is 1.73 bits per heavy atom. The summed E-state index contributed by atoms with van der Waals surface area (Å²) in [5.41, 5.74) is 0. The maximum absolute atomic E-state index is 10.2. The third-order valence-electron chi connectivity index (χ3n) is 1.54. The van der Waals surface area contributed by atoms with Crippen LogP contribution in [0.2, 0.25) is 0 Å². The Morgan fingerprint density at radius 3 is 2.82 bits per heavy atom. The van der Waals surface area contributed by atoms with Crippen molar-refractivity contribution in [2.75, 3.05) is 27.0 Å². The SMILES string of the molecule is COCOC1CN(C(=O)O)C1. The quantitative estimate of drug-likeness (QED) is 0.590. The van der Waals surface area contributed by atoms with Gasteiger partial charge in [0, 0.05) is 7.11 Å². The van der Waals surface area contributed by atoms with Crippen LogP contribution >= 0.6 is 0 Å². The van der Waals surface area contributed by atoms with Crippen molar-refractivity contribution in [3.8, 4) is 0 Å². The Hall–Kier alpha value is -0.810. The van der Waals surface area contributed by atoms with Crippen LogP contribution in [0.15, 0.2) is 0 Å². The molecule has 5 heteroatoms. The summed E-state index contributed by atoms with van der Waals surface area (Å²) in [5.74, 6) is 0. The molecule has 1 aliphatic rings. The van der Waals surface area contributed by atoms with Gasteiger partial charge in [-0.25, -0.2) is 4.79 Å². The predicted molar refractivity (Wildman–Crippen MR) is 36.3 cm³/mol. The number of hydrogen-bond donors (Lipinski definition) is 1. The van der Waals surface area contributed by atoms with Gasteiger partial charge in [-0.15, -0.1) is 0 Å². The lowest BCUT2D eigenvalue weighted by molar-refractivity contribution is -0.116. The molecule has 1 aliphatic heterocycles. The molecule has 0 bridgehead atoms. The molecule has 0 aromatic heterocycles. The van der Waals surface area contributed by atoms with E-state index in [0.29, 0.717) is 13.1 Å². The summed E-state index contributed by atoms with van der Waals surface area (Å²) >= 11 is 0. The normalized spacial score (nSPS) is 18.1. The van der Waals surface area contributed by atoms with E-state index in [4.69, 9.17) is 9.84 Å². The smallest absolute Gasteiger partial charge is 0.407 e. The number of ether oxygens (including phenoxy) is 2. The second-order valence-corrected chi connectivity index (χ2v) is 2.38. The zero-order valence-electron chi connectivity index (χ0n) is 6.32. The van der Waals surface area contributed by atoms with Crippen LogP contribution in [0.3, 0.4) is 0 Å². The molecule has 1 rings (SSSR count). The van der Waals surface area contributed by atoms with Crippen molar-refractivity contribution < 1.29 is 19.4 Å². The van der Waals surface area contributed by atoms with Crippen LogP contribution in [0.4, 0.5) is 4.79 Å². The van der Waals surface area contributed by atoms with Crippen LogP contribution in [-0.2, 0) is 9.47 Å². The van der Waals surface area contributed by atoms with Crippen molar-refractivity contribution in [2.24, 2.45) is 0 Å². The van der Waals surface area contributed by atoms with E-state index in [1.54, 1.807) is 0 Å².